The van der Waals surface area contributed by atoms with Crippen LogP contribution in [0.25, 0.3) is 0 Å². The second kappa shape index (κ2) is 13.5. The van der Waals surface area contributed by atoms with Gasteiger partial charge in [0.2, 0.25) is 17.7 Å². The molecule has 2 saturated carbocycles. The van der Waals surface area contributed by atoms with Crippen LogP contribution in [0.3, 0.4) is 0 Å². The van der Waals surface area contributed by atoms with Crippen molar-refractivity contribution in [2.24, 2.45) is 23.7 Å². The molecule has 0 radical (unpaired) electrons. The highest BCUT2D eigenvalue weighted by Crippen LogP contribution is 2.53. The zero-order valence-corrected chi connectivity index (χ0v) is 18.9. The summed E-state index contributed by atoms with van der Waals surface area (Å²) in [5.74, 6) is 2.69. The molecule has 6 nitrogen and oxygen atoms in total. The Morgan fingerprint density at radius 3 is 2.33 bits per heavy atom. The number of unbranched alkanes of at least 4 members (excludes halogenated alkanes) is 3. The summed E-state index contributed by atoms with van der Waals surface area (Å²) in [6, 6.07) is 0. The van der Waals surface area contributed by atoms with Gasteiger partial charge in [-0.05, 0) is 68.6 Å². The number of nitrogens with one attached hydrogen (secondary N) is 3. The van der Waals surface area contributed by atoms with E-state index in [9.17, 15) is 14.4 Å². The van der Waals surface area contributed by atoms with E-state index < -0.39 is 0 Å². The van der Waals surface area contributed by atoms with Crippen LogP contribution in [0.1, 0.15) is 77.6 Å². The van der Waals surface area contributed by atoms with Crippen LogP contribution in [0, 0.1) is 23.7 Å². The Morgan fingerprint density at radius 1 is 0.867 bits per heavy atom. The third-order valence-electron chi connectivity index (χ3n) is 6.89. The van der Waals surface area contributed by atoms with Crippen LogP contribution in [-0.4, -0.2) is 37.9 Å². The highest BCUT2D eigenvalue weighted by molar-refractivity contribution is 5.84. The largest absolute Gasteiger partial charge is 0.359 e. The molecular weight excluding hydrogens is 378 g/mol. The smallest absolute Gasteiger partial charge is 0.239 e. The predicted octanol–water partition coefficient (Wildman–Crippen LogP) is 3.32. The first kappa shape index (κ1) is 24.4. The molecule has 0 spiro atoms. The monoisotopic (exact) mass is 419 g/mol. The lowest BCUT2D eigenvalue weighted by Crippen LogP contribution is -2.41. The molecule has 30 heavy (non-hydrogen) atoms. The molecule has 0 aromatic carbocycles. The van der Waals surface area contributed by atoms with Gasteiger partial charge in [-0.1, -0.05) is 31.9 Å². The minimum Gasteiger partial charge on any atom is -0.359 e. The molecule has 4 atom stereocenters. The number of allylic oxidation sites excluding steroid dienone is 2. The molecule has 0 aromatic heterocycles. The van der Waals surface area contributed by atoms with E-state index in [-0.39, 0.29) is 24.3 Å². The fraction of sp³-hybridized carbons (Fsp3) is 0.792. The van der Waals surface area contributed by atoms with Crippen LogP contribution in [-0.2, 0) is 14.4 Å². The number of hydrogen-bond donors (Lipinski definition) is 3. The Labute approximate surface area is 182 Å². The summed E-state index contributed by atoms with van der Waals surface area (Å²) in [7, 11) is 1.67. The quantitative estimate of drug-likeness (QED) is 0.298. The van der Waals surface area contributed by atoms with Crippen molar-refractivity contribution in [2.75, 3.05) is 20.1 Å². The van der Waals surface area contributed by atoms with Crippen molar-refractivity contribution >= 4 is 17.7 Å². The zero-order valence-electron chi connectivity index (χ0n) is 18.9. The van der Waals surface area contributed by atoms with Gasteiger partial charge in [-0.25, -0.2) is 0 Å². The maximum atomic E-state index is 12.2. The third-order valence-corrected chi connectivity index (χ3v) is 6.89. The Morgan fingerprint density at radius 2 is 1.60 bits per heavy atom. The number of amides is 3. The molecule has 2 rings (SSSR count). The van der Waals surface area contributed by atoms with Crippen molar-refractivity contribution in [3.05, 3.63) is 12.2 Å². The Hall–Kier alpha value is -1.85. The maximum absolute atomic E-state index is 12.2. The van der Waals surface area contributed by atoms with Crippen molar-refractivity contribution < 1.29 is 14.4 Å². The van der Waals surface area contributed by atoms with Crippen molar-refractivity contribution in [2.45, 2.75) is 77.6 Å². The van der Waals surface area contributed by atoms with Crippen LogP contribution in [0.5, 0.6) is 0 Å². The number of rotatable bonds is 14. The van der Waals surface area contributed by atoms with E-state index in [1.54, 1.807) is 7.05 Å². The van der Waals surface area contributed by atoms with Crippen molar-refractivity contribution in [3.8, 4) is 0 Å². The van der Waals surface area contributed by atoms with Crippen LogP contribution in [0.15, 0.2) is 12.2 Å². The molecule has 0 unspecified atom stereocenters. The van der Waals surface area contributed by atoms with Crippen LogP contribution >= 0.6 is 0 Å². The molecule has 3 N–H and O–H groups in total. The number of fused-ring (bicyclic) bond motifs is 2. The van der Waals surface area contributed by atoms with Gasteiger partial charge in [-0.15, -0.1) is 0 Å². The van der Waals surface area contributed by atoms with Gasteiger partial charge in [0.1, 0.15) is 0 Å². The number of carbonyl (C=O) groups excluding carboxylic acids is 3. The van der Waals surface area contributed by atoms with Gasteiger partial charge in [-0.2, -0.15) is 0 Å². The summed E-state index contributed by atoms with van der Waals surface area (Å²) in [4.78, 5) is 35.2. The first-order chi connectivity index (χ1) is 14.5. The van der Waals surface area contributed by atoms with E-state index in [1.807, 2.05) is 0 Å². The molecule has 0 aromatic rings. The van der Waals surface area contributed by atoms with Crippen molar-refractivity contribution in [1.82, 2.24) is 16.0 Å². The van der Waals surface area contributed by atoms with Gasteiger partial charge < -0.3 is 16.0 Å². The van der Waals surface area contributed by atoms with Crippen LogP contribution < -0.4 is 16.0 Å². The summed E-state index contributed by atoms with van der Waals surface area (Å²) >= 11 is 0. The molecule has 2 aliphatic carbocycles. The lowest BCUT2D eigenvalue weighted by Gasteiger charge is -2.30. The van der Waals surface area contributed by atoms with Gasteiger partial charge in [0.25, 0.3) is 0 Å². The second-order valence-electron chi connectivity index (χ2n) is 8.97. The first-order valence-electron chi connectivity index (χ1n) is 11.9. The van der Waals surface area contributed by atoms with Gasteiger partial charge in [0.05, 0.1) is 6.54 Å². The molecule has 2 fully saturated rings. The summed E-state index contributed by atoms with van der Waals surface area (Å²) in [5.41, 5.74) is 0. The standard InChI is InChI=1S/C24H41N3O3/c1-3-4-7-12-23(29)27-17-24(30)26-16-21-19-14-13-18(15-19)20(21)10-8-5-6-9-11-22(28)25-2/h5,8,18-21H,3-4,6-7,9-17H2,1-2H3,(H,25,28)(H,26,30)(H,27,29)/t18-,19+,20-,21+/m1/s1. The molecule has 0 aliphatic heterocycles. The Balaban J connectivity index is 1.67. The topological polar surface area (TPSA) is 87.3 Å². The number of carbonyl (C=O) groups is 3. The molecule has 2 aliphatic rings. The highest BCUT2D eigenvalue weighted by Gasteiger charge is 2.46. The summed E-state index contributed by atoms with van der Waals surface area (Å²) in [6.45, 7) is 2.92. The molecule has 0 heterocycles. The predicted molar refractivity (Wildman–Crippen MR) is 120 cm³/mol. The molecule has 2 bridgehead atoms. The maximum Gasteiger partial charge on any atom is 0.239 e. The number of hydrogen-bond acceptors (Lipinski definition) is 3. The normalized spacial score (nSPS) is 24.9. The lowest BCUT2D eigenvalue weighted by atomic mass is 9.77. The van der Waals surface area contributed by atoms with E-state index in [0.717, 1.165) is 56.9 Å². The van der Waals surface area contributed by atoms with Gasteiger partial charge in [0.15, 0.2) is 0 Å². The fourth-order valence-corrected chi connectivity index (χ4v) is 5.19. The molecule has 170 valence electrons. The molecule has 6 heteroatoms. The average molecular weight is 420 g/mol. The second-order valence-corrected chi connectivity index (χ2v) is 8.97. The SMILES string of the molecule is CCCCCC(=O)NCC(=O)NC[C@H]1[C@H]2CC[C@H](C2)[C@H]1CC=CCCCC(=O)NC. The summed E-state index contributed by atoms with van der Waals surface area (Å²) in [5, 5.41) is 8.46. The summed E-state index contributed by atoms with van der Waals surface area (Å²) in [6.07, 6.45) is 15.4. The molecular formula is C24H41N3O3. The Bertz CT molecular complexity index is 590. The van der Waals surface area contributed by atoms with Crippen LogP contribution in [0.4, 0.5) is 0 Å². The fourth-order valence-electron chi connectivity index (χ4n) is 5.19. The van der Waals surface area contributed by atoms with Crippen molar-refractivity contribution in [1.29, 1.82) is 0 Å². The van der Waals surface area contributed by atoms with Crippen LogP contribution in [0.2, 0.25) is 0 Å². The van der Waals surface area contributed by atoms with Crippen molar-refractivity contribution in [3.63, 3.8) is 0 Å². The van der Waals surface area contributed by atoms with Gasteiger partial charge in [0, 0.05) is 26.4 Å². The minimum absolute atomic E-state index is 0.0297. The Kier molecular flexibility index (Phi) is 11.0. The highest BCUT2D eigenvalue weighted by atomic mass is 16.2. The molecule has 0 saturated heterocycles. The van der Waals surface area contributed by atoms with E-state index >= 15 is 0 Å². The zero-order chi connectivity index (χ0) is 21.8. The lowest BCUT2D eigenvalue weighted by molar-refractivity contribution is -0.126. The summed E-state index contributed by atoms with van der Waals surface area (Å²) < 4.78 is 0. The van der Waals surface area contributed by atoms with Gasteiger partial charge in [-0.3, -0.25) is 14.4 Å². The minimum atomic E-state index is -0.0786. The van der Waals surface area contributed by atoms with E-state index in [2.05, 4.69) is 35.0 Å². The first-order valence-corrected chi connectivity index (χ1v) is 11.9. The third kappa shape index (κ3) is 8.11. The van der Waals surface area contributed by atoms with Gasteiger partial charge >= 0.3 is 0 Å². The van der Waals surface area contributed by atoms with E-state index in [1.165, 1.54) is 19.3 Å². The van der Waals surface area contributed by atoms with E-state index in [4.69, 9.17) is 0 Å². The van der Waals surface area contributed by atoms with E-state index in [0.29, 0.717) is 24.7 Å². The average Bonchev–Trinajstić information content (AvgIpc) is 3.35. The molecule has 3 amide bonds.